The normalized spacial score (nSPS) is 11.4. The first-order valence-electron chi connectivity index (χ1n) is 9.52. The molecule has 0 saturated carbocycles. The number of benzene rings is 1. The highest BCUT2D eigenvalue weighted by atomic mass is 32.2. The summed E-state index contributed by atoms with van der Waals surface area (Å²) in [6.07, 6.45) is 2.12. The quantitative estimate of drug-likeness (QED) is 0.333. The van der Waals surface area contributed by atoms with Crippen molar-refractivity contribution < 1.29 is 9.21 Å². The number of nitrogens with zero attached hydrogens (tertiary/aromatic N) is 4. The molecule has 4 heterocycles. The standard InChI is InChI=1S/C20H17N7O3S/c28-17-10-16-24-19(14-6-3-9-30-14)25-20(27(16)26-17)31-11-18(29)21-8-7-15-22-12-4-1-2-5-13(12)23-15/h1-6,9-10H,7-8,11H2,(H,21,29)(H,22,23)(H,26,28). The first kappa shape index (κ1) is 19.1. The minimum Gasteiger partial charge on any atom is -0.461 e. The molecule has 0 unspecified atom stereocenters. The number of amides is 1. The van der Waals surface area contributed by atoms with Gasteiger partial charge in [0.15, 0.2) is 22.4 Å². The molecule has 0 bridgehead atoms. The lowest BCUT2D eigenvalue weighted by Gasteiger charge is -2.07. The lowest BCUT2D eigenvalue weighted by Crippen LogP contribution is -2.27. The van der Waals surface area contributed by atoms with Gasteiger partial charge in [0.2, 0.25) is 5.91 Å². The summed E-state index contributed by atoms with van der Waals surface area (Å²) >= 11 is 1.20. The molecule has 5 rings (SSSR count). The van der Waals surface area contributed by atoms with Crippen molar-refractivity contribution in [2.75, 3.05) is 12.3 Å². The predicted octanol–water partition coefficient (Wildman–Crippen LogP) is 2.00. The van der Waals surface area contributed by atoms with Gasteiger partial charge in [0.05, 0.1) is 23.0 Å². The van der Waals surface area contributed by atoms with Gasteiger partial charge in [-0.3, -0.25) is 14.7 Å². The summed E-state index contributed by atoms with van der Waals surface area (Å²) in [6.45, 7) is 0.455. The number of rotatable bonds is 7. The molecule has 31 heavy (non-hydrogen) atoms. The van der Waals surface area contributed by atoms with Gasteiger partial charge in [0.1, 0.15) is 5.82 Å². The van der Waals surface area contributed by atoms with Crippen molar-refractivity contribution in [1.29, 1.82) is 0 Å². The SMILES string of the molecule is O=C(CSc1nc(-c2ccco2)nc2cc(=O)[nH]n12)NCCc1nc2ccccc2[nH]1. The molecule has 1 amide bonds. The number of hydrogen-bond donors (Lipinski definition) is 3. The van der Waals surface area contributed by atoms with Crippen LogP contribution in [0, 0.1) is 0 Å². The number of fused-ring (bicyclic) bond motifs is 2. The van der Waals surface area contributed by atoms with E-state index in [0.29, 0.717) is 35.4 Å². The molecule has 0 radical (unpaired) electrons. The van der Waals surface area contributed by atoms with Crippen molar-refractivity contribution in [3.63, 3.8) is 0 Å². The first-order chi connectivity index (χ1) is 15.2. The Hall–Kier alpha value is -3.86. The third-order valence-corrected chi connectivity index (χ3v) is 5.46. The number of H-pyrrole nitrogens is 2. The number of thioether (sulfide) groups is 1. The molecule has 4 aromatic heterocycles. The third-order valence-electron chi connectivity index (χ3n) is 4.52. The summed E-state index contributed by atoms with van der Waals surface area (Å²) in [4.78, 5) is 40.6. The third kappa shape index (κ3) is 4.08. The van der Waals surface area contributed by atoms with Crippen LogP contribution < -0.4 is 10.9 Å². The van der Waals surface area contributed by atoms with Crippen molar-refractivity contribution in [2.45, 2.75) is 11.6 Å². The number of hydrogen-bond acceptors (Lipinski definition) is 7. The highest BCUT2D eigenvalue weighted by Crippen LogP contribution is 2.21. The van der Waals surface area contributed by atoms with Gasteiger partial charge >= 0.3 is 0 Å². The Morgan fingerprint density at radius 1 is 1.16 bits per heavy atom. The van der Waals surface area contributed by atoms with Crippen LogP contribution in [0.15, 0.2) is 63.1 Å². The number of para-hydroxylation sites is 2. The van der Waals surface area contributed by atoms with Gasteiger partial charge in [0, 0.05) is 19.0 Å². The van der Waals surface area contributed by atoms with E-state index in [2.05, 4.69) is 30.4 Å². The fourth-order valence-corrected chi connectivity index (χ4v) is 3.90. The predicted molar refractivity (Wildman–Crippen MR) is 115 cm³/mol. The van der Waals surface area contributed by atoms with E-state index in [0.717, 1.165) is 16.9 Å². The molecule has 10 nitrogen and oxygen atoms in total. The van der Waals surface area contributed by atoms with Gasteiger partial charge in [-0.05, 0) is 24.3 Å². The van der Waals surface area contributed by atoms with Crippen molar-refractivity contribution in [3.8, 4) is 11.6 Å². The number of aromatic nitrogens is 6. The van der Waals surface area contributed by atoms with Gasteiger partial charge < -0.3 is 14.7 Å². The maximum absolute atomic E-state index is 12.3. The molecule has 0 saturated heterocycles. The van der Waals surface area contributed by atoms with Crippen LogP contribution in [-0.2, 0) is 11.2 Å². The summed E-state index contributed by atoms with van der Waals surface area (Å²) in [5.74, 6) is 1.62. The van der Waals surface area contributed by atoms with Crippen LogP contribution in [-0.4, -0.2) is 47.8 Å². The topological polar surface area (TPSA) is 134 Å². The number of imidazole rings is 1. The van der Waals surface area contributed by atoms with E-state index < -0.39 is 0 Å². The largest absolute Gasteiger partial charge is 0.461 e. The van der Waals surface area contributed by atoms with Crippen LogP contribution in [0.25, 0.3) is 28.3 Å². The average molecular weight is 435 g/mol. The Bertz CT molecular complexity index is 1380. The molecular formula is C20H17N7O3S. The Morgan fingerprint density at radius 2 is 2.06 bits per heavy atom. The number of carbonyl (C=O) groups excluding carboxylic acids is 1. The molecule has 0 aliphatic carbocycles. The fourth-order valence-electron chi connectivity index (χ4n) is 3.12. The van der Waals surface area contributed by atoms with Crippen molar-refractivity contribution in [3.05, 3.63) is 64.9 Å². The lowest BCUT2D eigenvalue weighted by molar-refractivity contribution is -0.118. The van der Waals surface area contributed by atoms with E-state index in [1.54, 1.807) is 12.1 Å². The van der Waals surface area contributed by atoms with E-state index in [-0.39, 0.29) is 17.2 Å². The first-order valence-corrected chi connectivity index (χ1v) is 10.5. The molecule has 0 spiro atoms. The minimum atomic E-state index is -0.303. The monoisotopic (exact) mass is 435 g/mol. The fraction of sp³-hybridized carbons (Fsp3) is 0.150. The van der Waals surface area contributed by atoms with E-state index in [1.165, 1.54) is 28.6 Å². The molecule has 3 N–H and O–H groups in total. The van der Waals surface area contributed by atoms with Crippen LogP contribution in [0.5, 0.6) is 0 Å². The molecule has 11 heteroatoms. The number of nitrogens with one attached hydrogen (secondary N) is 3. The van der Waals surface area contributed by atoms with Crippen molar-refractivity contribution in [2.24, 2.45) is 0 Å². The van der Waals surface area contributed by atoms with E-state index in [9.17, 15) is 9.59 Å². The Labute approximate surface area is 179 Å². The maximum atomic E-state index is 12.3. The van der Waals surface area contributed by atoms with Crippen LogP contribution in [0.3, 0.4) is 0 Å². The number of aromatic amines is 2. The van der Waals surface area contributed by atoms with E-state index in [4.69, 9.17) is 4.42 Å². The Kier molecular flexibility index (Phi) is 5.00. The molecule has 0 fully saturated rings. The minimum absolute atomic E-state index is 0.129. The van der Waals surface area contributed by atoms with Gasteiger partial charge in [-0.25, -0.2) is 14.5 Å². The highest BCUT2D eigenvalue weighted by Gasteiger charge is 2.14. The second-order valence-electron chi connectivity index (χ2n) is 6.71. The molecule has 0 atom stereocenters. The molecule has 0 aliphatic heterocycles. The molecule has 0 aliphatic rings. The number of carbonyl (C=O) groups is 1. The highest BCUT2D eigenvalue weighted by molar-refractivity contribution is 7.99. The summed E-state index contributed by atoms with van der Waals surface area (Å²) in [7, 11) is 0. The second-order valence-corrected chi connectivity index (χ2v) is 7.65. The maximum Gasteiger partial charge on any atom is 0.266 e. The summed E-state index contributed by atoms with van der Waals surface area (Å²) in [6, 6.07) is 12.6. The summed E-state index contributed by atoms with van der Waals surface area (Å²) < 4.78 is 6.81. The zero-order chi connectivity index (χ0) is 21.2. The van der Waals surface area contributed by atoms with Crippen molar-refractivity contribution >= 4 is 34.3 Å². The molecule has 156 valence electrons. The van der Waals surface area contributed by atoms with Gasteiger partial charge in [0.25, 0.3) is 5.56 Å². The number of furan rings is 1. The Morgan fingerprint density at radius 3 is 2.90 bits per heavy atom. The van der Waals surface area contributed by atoms with Gasteiger partial charge in [-0.2, -0.15) is 4.98 Å². The lowest BCUT2D eigenvalue weighted by atomic mass is 10.3. The van der Waals surface area contributed by atoms with Crippen LogP contribution in [0.1, 0.15) is 5.82 Å². The van der Waals surface area contributed by atoms with Gasteiger partial charge in [-0.15, -0.1) is 0 Å². The molecular weight excluding hydrogens is 418 g/mol. The zero-order valence-electron chi connectivity index (χ0n) is 16.2. The van der Waals surface area contributed by atoms with Gasteiger partial charge in [-0.1, -0.05) is 23.9 Å². The van der Waals surface area contributed by atoms with Crippen molar-refractivity contribution in [1.82, 2.24) is 34.9 Å². The summed E-state index contributed by atoms with van der Waals surface area (Å²) in [5, 5.41) is 5.96. The average Bonchev–Trinajstić information content (AvgIpc) is 3.50. The summed E-state index contributed by atoms with van der Waals surface area (Å²) in [5.41, 5.74) is 1.97. The Balaban J connectivity index is 1.23. The second kappa shape index (κ2) is 8.11. The molecule has 5 aromatic rings. The zero-order valence-corrected chi connectivity index (χ0v) is 17.0. The van der Waals surface area contributed by atoms with Crippen LogP contribution in [0.2, 0.25) is 0 Å². The molecule has 1 aromatic carbocycles. The van der Waals surface area contributed by atoms with E-state index in [1.807, 2.05) is 24.3 Å². The van der Waals surface area contributed by atoms with Crippen LogP contribution in [0.4, 0.5) is 0 Å². The van der Waals surface area contributed by atoms with Crippen LogP contribution >= 0.6 is 11.8 Å². The smallest absolute Gasteiger partial charge is 0.266 e. The van der Waals surface area contributed by atoms with E-state index >= 15 is 0 Å².